The third-order valence-corrected chi connectivity index (χ3v) is 5.90. The fraction of sp³-hybridized carbons (Fsp3) is 0.619. The van der Waals surface area contributed by atoms with Crippen molar-refractivity contribution in [1.82, 2.24) is 9.80 Å². The van der Waals surface area contributed by atoms with Crippen LogP contribution in [0, 0.1) is 0 Å². The minimum Gasteiger partial charge on any atom is -0.368 e. The Balaban J connectivity index is 1.40. The third kappa shape index (κ3) is 3.63. The van der Waals surface area contributed by atoms with E-state index in [-0.39, 0.29) is 17.9 Å². The fourth-order valence-electron chi connectivity index (χ4n) is 4.37. The van der Waals surface area contributed by atoms with Gasteiger partial charge in [-0.05, 0) is 68.2 Å². The molecule has 2 saturated heterocycles. The van der Waals surface area contributed by atoms with Gasteiger partial charge in [0.15, 0.2) is 0 Å². The summed E-state index contributed by atoms with van der Waals surface area (Å²) in [6, 6.07) is 6.20. The summed E-state index contributed by atoms with van der Waals surface area (Å²) in [7, 11) is 0. The highest BCUT2D eigenvalue weighted by Crippen LogP contribution is 2.23. The molecule has 1 atom stereocenters. The summed E-state index contributed by atoms with van der Waals surface area (Å²) in [6.45, 7) is 3.33. The average molecular weight is 356 g/mol. The van der Waals surface area contributed by atoms with Gasteiger partial charge in [-0.25, -0.2) is 0 Å². The number of fused-ring (bicyclic) bond motifs is 1. The Morgan fingerprint density at radius 1 is 0.885 bits per heavy atom. The van der Waals surface area contributed by atoms with Crippen molar-refractivity contribution >= 4 is 11.8 Å². The van der Waals surface area contributed by atoms with Crippen LogP contribution in [0.4, 0.5) is 0 Å². The number of hydrogen-bond donors (Lipinski definition) is 0. The summed E-state index contributed by atoms with van der Waals surface area (Å²) in [5, 5.41) is 0. The van der Waals surface area contributed by atoms with Gasteiger partial charge in [0.1, 0.15) is 6.10 Å². The third-order valence-electron chi connectivity index (χ3n) is 5.90. The van der Waals surface area contributed by atoms with Gasteiger partial charge in [0, 0.05) is 38.3 Å². The Bertz CT molecular complexity index is 682. The summed E-state index contributed by atoms with van der Waals surface area (Å²) in [6.07, 6.45) is 7.04. The first-order chi connectivity index (χ1) is 12.7. The van der Waals surface area contributed by atoms with Gasteiger partial charge in [0.05, 0.1) is 0 Å². The lowest BCUT2D eigenvalue weighted by atomic mass is 9.90. The van der Waals surface area contributed by atoms with Crippen LogP contribution in [-0.4, -0.2) is 60.5 Å². The predicted octanol–water partition coefficient (Wildman–Crippen LogP) is 2.42. The zero-order valence-corrected chi connectivity index (χ0v) is 15.4. The summed E-state index contributed by atoms with van der Waals surface area (Å²) < 4.78 is 5.53. The molecule has 26 heavy (non-hydrogen) atoms. The van der Waals surface area contributed by atoms with E-state index in [2.05, 4.69) is 12.1 Å². The molecule has 1 aromatic rings. The molecule has 0 bridgehead atoms. The number of aryl methyl sites for hydroxylation is 2. The van der Waals surface area contributed by atoms with E-state index in [4.69, 9.17) is 4.74 Å². The maximum atomic E-state index is 13.0. The van der Waals surface area contributed by atoms with Crippen molar-refractivity contribution in [3.8, 4) is 0 Å². The number of carbonyl (C=O) groups excluding carboxylic acids is 2. The molecule has 3 aliphatic rings. The fourth-order valence-corrected chi connectivity index (χ4v) is 4.37. The van der Waals surface area contributed by atoms with Crippen LogP contribution in [0.3, 0.4) is 0 Å². The van der Waals surface area contributed by atoms with Crippen LogP contribution in [0.2, 0.25) is 0 Å². The van der Waals surface area contributed by atoms with E-state index in [1.165, 1.54) is 24.0 Å². The summed E-state index contributed by atoms with van der Waals surface area (Å²) in [5.74, 6) is 0.204. The molecule has 2 heterocycles. The van der Waals surface area contributed by atoms with Gasteiger partial charge >= 0.3 is 0 Å². The zero-order valence-electron chi connectivity index (χ0n) is 15.4. The largest absolute Gasteiger partial charge is 0.368 e. The van der Waals surface area contributed by atoms with E-state index in [0.717, 1.165) is 37.7 Å². The van der Waals surface area contributed by atoms with E-state index in [1.807, 2.05) is 15.9 Å². The highest BCUT2D eigenvalue weighted by atomic mass is 16.5. The topological polar surface area (TPSA) is 49.9 Å². The number of amides is 2. The van der Waals surface area contributed by atoms with Gasteiger partial charge < -0.3 is 14.5 Å². The number of nitrogens with zero attached hydrogens (tertiary/aromatic N) is 2. The van der Waals surface area contributed by atoms with Crippen molar-refractivity contribution in [2.24, 2.45) is 0 Å². The smallest absolute Gasteiger partial charge is 0.253 e. The maximum absolute atomic E-state index is 13.0. The lowest BCUT2D eigenvalue weighted by Crippen LogP contribution is -2.41. The molecule has 0 spiro atoms. The Morgan fingerprint density at radius 3 is 2.46 bits per heavy atom. The normalized spacial score (nSPS) is 23.5. The molecule has 1 aliphatic carbocycles. The van der Waals surface area contributed by atoms with Crippen LogP contribution in [0.25, 0.3) is 0 Å². The first-order valence-corrected chi connectivity index (χ1v) is 10.0. The molecule has 0 N–H and O–H groups in total. The average Bonchev–Trinajstić information content (AvgIpc) is 3.11. The zero-order chi connectivity index (χ0) is 17.9. The van der Waals surface area contributed by atoms with Crippen molar-refractivity contribution in [3.05, 3.63) is 34.9 Å². The van der Waals surface area contributed by atoms with Crippen molar-refractivity contribution < 1.29 is 14.3 Å². The molecule has 140 valence electrons. The molecule has 1 aromatic carbocycles. The van der Waals surface area contributed by atoms with Gasteiger partial charge in [-0.2, -0.15) is 0 Å². The first kappa shape index (κ1) is 17.5. The SMILES string of the molecule is O=C(c1ccc2c(c1)CCCC2)N1CCCN(C(=O)C2CCCO2)CC1. The quantitative estimate of drug-likeness (QED) is 0.818. The molecule has 0 saturated carbocycles. The standard InChI is InChI=1S/C21H28N2O3/c24-20(18-9-8-16-5-1-2-6-17(16)15-18)22-10-4-11-23(13-12-22)21(25)19-7-3-14-26-19/h8-9,15,19H,1-7,10-14H2. The van der Waals surface area contributed by atoms with E-state index >= 15 is 0 Å². The second-order valence-electron chi connectivity index (χ2n) is 7.66. The highest BCUT2D eigenvalue weighted by molar-refractivity contribution is 5.94. The molecule has 0 radical (unpaired) electrons. The maximum Gasteiger partial charge on any atom is 0.253 e. The van der Waals surface area contributed by atoms with Gasteiger partial charge in [0.25, 0.3) is 11.8 Å². The van der Waals surface area contributed by atoms with Crippen LogP contribution in [0.5, 0.6) is 0 Å². The lowest BCUT2D eigenvalue weighted by molar-refractivity contribution is -0.140. The minimum absolute atomic E-state index is 0.102. The van der Waals surface area contributed by atoms with Crippen LogP contribution < -0.4 is 0 Å². The lowest BCUT2D eigenvalue weighted by Gasteiger charge is -2.24. The molecule has 5 heteroatoms. The van der Waals surface area contributed by atoms with Crippen LogP contribution in [0.15, 0.2) is 18.2 Å². The molecule has 2 amide bonds. The molecule has 2 fully saturated rings. The Hall–Kier alpha value is -1.88. The van der Waals surface area contributed by atoms with Gasteiger partial charge in [0.2, 0.25) is 0 Å². The number of rotatable bonds is 2. The minimum atomic E-state index is -0.266. The second-order valence-corrected chi connectivity index (χ2v) is 7.66. The highest BCUT2D eigenvalue weighted by Gasteiger charge is 2.30. The summed E-state index contributed by atoms with van der Waals surface area (Å²) in [5.41, 5.74) is 3.54. The number of carbonyl (C=O) groups is 2. The molecule has 4 rings (SSSR count). The number of benzene rings is 1. The summed E-state index contributed by atoms with van der Waals surface area (Å²) in [4.78, 5) is 29.3. The van der Waals surface area contributed by atoms with Gasteiger partial charge in [-0.3, -0.25) is 9.59 Å². The monoisotopic (exact) mass is 356 g/mol. The number of ether oxygens (including phenoxy) is 1. The van der Waals surface area contributed by atoms with Crippen LogP contribution in [-0.2, 0) is 22.4 Å². The van der Waals surface area contributed by atoms with E-state index in [9.17, 15) is 9.59 Å². The molecular weight excluding hydrogens is 328 g/mol. The molecule has 5 nitrogen and oxygen atoms in total. The van der Waals surface area contributed by atoms with Crippen molar-refractivity contribution in [2.45, 2.75) is 51.0 Å². The van der Waals surface area contributed by atoms with Gasteiger partial charge in [-0.1, -0.05) is 6.07 Å². The van der Waals surface area contributed by atoms with E-state index in [0.29, 0.717) is 32.8 Å². The Morgan fingerprint density at radius 2 is 1.65 bits per heavy atom. The summed E-state index contributed by atoms with van der Waals surface area (Å²) >= 11 is 0. The molecular formula is C21H28N2O3. The second kappa shape index (κ2) is 7.78. The molecule has 1 unspecified atom stereocenters. The van der Waals surface area contributed by atoms with E-state index in [1.54, 1.807) is 0 Å². The van der Waals surface area contributed by atoms with Crippen molar-refractivity contribution in [1.29, 1.82) is 0 Å². The Kier molecular flexibility index (Phi) is 5.25. The van der Waals surface area contributed by atoms with E-state index < -0.39 is 0 Å². The molecule has 0 aromatic heterocycles. The Labute approximate surface area is 155 Å². The number of hydrogen-bond acceptors (Lipinski definition) is 3. The van der Waals surface area contributed by atoms with Gasteiger partial charge in [-0.15, -0.1) is 0 Å². The van der Waals surface area contributed by atoms with Crippen LogP contribution in [0.1, 0.15) is 53.6 Å². The first-order valence-electron chi connectivity index (χ1n) is 10.0. The van der Waals surface area contributed by atoms with Crippen molar-refractivity contribution in [2.75, 3.05) is 32.8 Å². The molecule has 2 aliphatic heterocycles. The predicted molar refractivity (Wildman–Crippen MR) is 99.2 cm³/mol. The van der Waals surface area contributed by atoms with Crippen LogP contribution >= 0.6 is 0 Å². The van der Waals surface area contributed by atoms with Crippen molar-refractivity contribution in [3.63, 3.8) is 0 Å².